The van der Waals surface area contributed by atoms with E-state index in [1.165, 1.54) is 0 Å². The third-order valence-electron chi connectivity index (χ3n) is 6.50. The SMILES string of the molecule is O=C(CCCCCCC(=O)NC(CCC(=O)ON1C(=O)CCC1=O)C(=O)O)NC(CCC(=O)ON1C(=O)CCC1=O)C(=O)O. The van der Waals surface area contributed by atoms with Gasteiger partial charge in [0.25, 0.3) is 23.6 Å². The molecule has 0 aromatic carbocycles. The van der Waals surface area contributed by atoms with Crippen molar-refractivity contribution in [3.05, 3.63) is 0 Å². The average molecular weight is 627 g/mol. The predicted octanol–water partition coefficient (Wildman–Crippen LogP) is -0.759. The van der Waals surface area contributed by atoms with E-state index in [0.29, 0.717) is 35.8 Å². The summed E-state index contributed by atoms with van der Waals surface area (Å²) in [7, 11) is 0. The van der Waals surface area contributed by atoms with Crippen LogP contribution in [0.2, 0.25) is 0 Å². The van der Waals surface area contributed by atoms with Crippen LogP contribution in [0.15, 0.2) is 0 Å². The van der Waals surface area contributed by atoms with Crippen LogP contribution in [0.3, 0.4) is 0 Å². The third-order valence-corrected chi connectivity index (χ3v) is 6.50. The van der Waals surface area contributed by atoms with E-state index in [9.17, 15) is 58.2 Å². The van der Waals surface area contributed by atoms with Gasteiger partial charge in [-0.2, -0.15) is 0 Å². The molecule has 242 valence electrons. The number of amides is 6. The lowest BCUT2D eigenvalue weighted by Gasteiger charge is -2.16. The fourth-order valence-corrected chi connectivity index (χ4v) is 4.11. The molecule has 2 rings (SSSR count). The van der Waals surface area contributed by atoms with Crippen molar-refractivity contribution < 1.29 is 67.8 Å². The first-order chi connectivity index (χ1) is 20.8. The Kier molecular flexibility index (Phi) is 13.9. The molecule has 2 fully saturated rings. The summed E-state index contributed by atoms with van der Waals surface area (Å²) in [6.07, 6.45) is -0.354. The molecular weight excluding hydrogens is 592 g/mol. The summed E-state index contributed by atoms with van der Waals surface area (Å²) in [6.45, 7) is 0. The van der Waals surface area contributed by atoms with Crippen LogP contribution in [0.25, 0.3) is 0 Å². The summed E-state index contributed by atoms with van der Waals surface area (Å²) in [6, 6.07) is -2.81. The zero-order valence-corrected chi connectivity index (χ0v) is 23.7. The molecule has 2 aliphatic heterocycles. The minimum absolute atomic E-state index is 0.0387. The topological polar surface area (TPSA) is 260 Å². The fraction of sp³-hybridized carbons (Fsp3) is 0.615. The van der Waals surface area contributed by atoms with Gasteiger partial charge in [0.05, 0.1) is 12.8 Å². The van der Waals surface area contributed by atoms with Crippen molar-refractivity contribution in [3.8, 4) is 0 Å². The van der Waals surface area contributed by atoms with Gasteiger partial charge in [0.2, 0.25) is 11.8 Å². The molecule has 0 spiro atoms. The van der Waals surface area contributed by atoms with Crippen molar-refractivity contribution in [2.45, 2.75) is 102 Å². The van der Waals surface area contributed by atoms with Crippen molar-refractivity contribution in [1.29, 1.82) is 0 Å². The Morgan fingerprint density at radius 1 is 0.568 bits per heavy atom. The molecule has 0 saturated carbocycles. The van der Waals surface area contributed by atoms with Gasteiger partial charge in [-0.1, -0.05) is 12.8 Å². The Hall–Kier alpha value is -4.90. The summed E-state index contributed by atoms with van der Waals surface area (Å²) in [5.41, 5.74) is 0. The first kappa shape index (κ1) is 35.3. The number of carboxylic acid groups (broad SMARTS) is 2. The minimum Gasteiger partial charge on any atom is -0.480 e. The molecule has 44 heavy (non-hydrogen) atoms. The van der Waals surface area contributed by atoms with Gasteiger partial charge in [-0.25, -0.2) is 19.2 Å². The van der Waals surface area contributed by atoms with E-state index in [1.807, 2.05) is 0 Å². The number of rotatable bonds is 19. The normalized spacial score (nSPS) is 16.0. The van der Waals surface area contributed by atoms with Gasteiger partial charge in [0, 0.05) is 38.5 Å². The molecule has 2 heterocycles. The average Bonchev–Trinajstić information content (AvgIpc) is 3.44. The van der Waals surface area contributed by atoms with Crippen molar-refractivity contribution in [2.24, 2.45) is 0 Å². The molecule has 0 bridgehead atoms. The van der Waals surface area contributed by atoms with E-state index in [-0.39, 0.29) is 51.4 Å². The van der Waals surface area contributed by atoms with Crippen molar-refractivity contribution in [3.63, 3.8) is 0 Å². The molecule has 0 aromatic heterocycles. The lowest BCUT2D eigenvalue weighted by Crippen LogP contribution is -2.41. The largest absolute Gasteiger partial charge is 0.480 e. The van der Waals surface area contributed by atoms with E-state index < -0.39 is 84.2 Å². The second kappa shape index (κ2) is 17.3. The molecule has 18 heteroatoms. The number of hydrogen-bond donors (Lipinski definition) is 4. The quantitative estimate of drug-likeness (QED) is 0.101. The zero-order valence-electron chi connectivity index (χ0n) is 23.7. The highest BCUT2D eigenvalue weighted by atomic mass is 16.7. The number of carbonyl (C=O) groups is 10. The highest BCUT2D eigenvalue weighted by Gasteiger charge is 2.34. The van der Waals surface area contributed by atoms with Gasteiger partial charge in [0.1, 0.15) is 12.1 Å². The molecule has 2 atom stereocenters. The van der Waals surface area contributed by atoms with Crippen molar-refractivity contribution in [1.82, 2.24) is 20.8 Å². The molecular formula is C26H34N4O14. The lowest BCUT2D eigenvalue weighted by atomic mass is 10.1. The Morgan fingerprint density at radius 2 is 0.886 bits per heavy atom. The van der Waals surface area contributed by atoms with Gasteiger partial charge < -0.3 is 30.5 Å². The van der Waals surface area contributed by atoms with Gasteiger partial charge in [0.15, 0.2) is 0 Å². The Bertz CT molecular complexity index is 1060. The van der Waals surface area contributed by atoms with Crippen LogP contribution in [0, 0.1) is 0 Å². The van der Waals surface area contributed by atoms with Gasteiger partial charge in [-0.15, -0.1) is 10.1 Å². The molecule has 0 aliphatic carbocycles. The van der Waals surface area contributed by atoms with Gasteiger partial charge in [-0.3, -0.25) is 28.8 Å². The Labute approximate surface area is 250 Å². The number of aliphatic carboxylic acids is 2. The van der Waals surface area contributed by atoms with Crippen LogP contribution < -0.4 is 10.6 Å². The van der Waals surface area contributed by atoms with Crippen LogP contribution in [-0.2, 0) is 57.6 Å². The van der Waals surface area contributed by atoms with E-state index in [4.69, 9.17) is 0 Å². The summed E-state index contributed by atoms with van der Waals surface area (Å²) in [5.74, 6) is -8.66. The lowest BCUT2D eigenvalue weighted by molar-refractivity contribution is -0.197. The molecule has 0 aromatic rings. The van der Waals surface area contributed by atoms with Gasteiger partial charge in [-0.05, 0) is 25.7 Å². The number of imide groups is 2. The second-order valence-corrected chi connectivity index (χ2v) is 10.00. The highest BCUT2D eigenvalue weighted by Crippen LogP contribution is 2.15. The smallest absolute Gasteiger partial charge is 0.333 e. The Morgan fingerprint density at radius 3 is 1.18 bits per heavy atom. The molecule has 6 amide bonds. The zero-order chi connectivity index (χ0) is 32.8. The molecule has 2 aliphatic rings. The number of hydroxylamine groups is 4. The first-order valence-corrected chi connectivity index (χ1v) is 14.0. The predicted molar refractivity (Wildman–Crippen MR) is 140 cm³/mol. The minimum atomic E-state index is -1.40. The number of hydrogen-bond acceptors (Lipinski definition) is 12. The summed E-state index contributed by atoms with van der Waals surface area (Å²) >= 11 is 0. The molecule has 2 unspecified atom stereocenters. The maximum atomic E-state index is 12.2. The summed E-state index contributed by atoms with van der Waals surface area (Å²) < 4.78 is 0. The Balaban J connectivity index is 1.60. The van der Waals surface area contributed by atoms with Gasteiger partial charge >= 0.3 is 23.9 Å². The van der Waals surface area contributed by atoms with Crippen LogP contribution >= 0.6 is 0 Å². The van der Waals surface area contributed by atoms with Crippen molar-refractivity contribution in [2.75, 3.05) is 0 Å². The summed E-state index contributed by atoms with van der Waals surface area (Å²) in [4.78, 5) is 126. The molecule has 18 nitrogen and oxygen atoms in total. The molecule has 4 N–H and O–H groups in total. The van der Waals surface area contributed by atoms with E-state index >= 15 is 0 Å². The molecule has 0 radical (unpaired) electrons. The second-order valence-electron chi connectivity index (χ2n) is 10.00. The van der Waals surface area contributed by atoms with Crippen LogP contribution in [0.4, 0.5) is 0 Å². The number of carbonyl (C=O) groups excluding carboxylic acids is 8. The molecule has 2 saturated heterocycles. The van der Waals surface area contributed by atoms with E-state index in [0.717, 1.165) is 0 Å². The number of nitrogens with one attached hydrogen (secondary N) is 2. The summed E-state index contributed by atoms with van der Waals surface area (Å²) in [5, 5.41) is 23.9. The van der Waals surface area contributed by atoms with Crippen LogP contribution in [0.5, 0.6) is 0 Å². The number of carboxylic acids is 2. The first-order valence-electron chi connectivity index (χ1n) is 14.0. The van der Waals surface area contributed by atoms with Crippen molar-refractivity contribution >= 4 is 59.3 Å². The van der Waals surface area contributed by atoms with E-state index in [1.54, 1.807) is 0 Å². The highest BCUT2D eigenvalue weighted by molar-refractivity contribution is 6.02. The number of nitrogens with zero attached hydrogens (tertiary/aromatic N) is 2. The number of unbranched alkanes of at least 4 members (excludes halogenated alkanes) is 3. The maximum Gasteiger partial charge on any atom is 0.333 e. The van der Waals surface area contributed by atoms with Crippen LogP contribution in [-0.4, -0.2) is 91.7 Å². The van der Waals surface area contributed by atoms with Crippen LogP contribution in [0.1, 0.15) is 89.9 Å². The standard InChI is InChI=1S/C26H34N4O14/c31-17(27-15(25(39)40)7-13-23(37)43-29-19(33)9-10-20(29)34)5-3-1-2-4-6-18(32)28-16(26(41)42)8-14-24(38)44-30-21(35)11-12-22(30)36/h15-16H,1-14H2,(H,27,31)(H,28,32)(H,39,40)(H,41,42). The van der Waals surface area contributed by atoms with E-state index in [2.05, 4.69) is 20.3 Å². The fourth-order valence-electron chi connectivity index (χ4n) is 4.11. The maximum absolute atomic E-state index is 12.2. The monoisotopic (exact) mass is 626 g/mol. The third kappa shape index (κ3) is 11.8.